The van der Waals surface area contributed by atoms with Crippen LogP contribution in [0.15, 0.2) is 59.2 Å². The molecule has 0 unspecified atom stereocenters. The van der Waals surface area contributed by atoms with Crippen LogP contribution in [0.5, 0.6) is 11.5 Å². The van der Waals surface area contributed by atoms with Crippen LogP contribution in [0, 0.1) is 0 Å². The van der Waals surface area contributed by atoms with Gasteiger partial charge in [0, 0.05) is 6.42 Å². The summed E-state index contributed by atoms with van der Waals surface area (Å²) in [5, 5.41) is 2.84. The lowest BCUT2D eigenvalue weighted by Gasteiger charge is -2.04. The van der Waals surface area contributed by atoms with E-state index in [0.29, 0.717) is 24.6 Å². The second kappa shape index (κ2) is 8.34. The molecule has 0 bridgehead atoms. The number of nitrogens with zero attached hydrogens (tertiary/aromatic N) is 1. The predicted molar refractivity (Wildman–Crippen MR) is 102 cm³/mol. The zero-order valence-corrected chi connectivity index (χ0v) is 15.0. The standard InChI is InChI=1S/C21H22N2O3/c1-3-26-18-9-5-7-16(13-18)14-19-21(24)23-20(22-19)11-10-15-6-4-8-17(12-15)25-2/h4-9,12-14H,3,10-11H2,1-2H3,(H,22,23,24)/b19-14+. The van der Waals surface area contributed by atoms with Gasteiger partial charge < -0.3 is 14.8 Å². The Kier molecular flexibility index (Phi) is 5.69. The van der Waals surface area contributed by atoms with Crippen molar-refractivity contribution in [2.24, 2.45) is 4.99 Å². The first kappa shape index (κ1) is 17.7. The van der Waals surface area contributed by atoms with Crippen LogP contribution >= 0.6 is 0 Å². The van der Waals surface area contributed by atoms with Gasteiger partial charge in [-0.05, 0) is 54.8 Å². The van der Waals surface area contributed by atoms with Crippen molar-refractivity contribution in [3.63, 3.8) is 0 Å². The summed E-state index contributed by atoms with van der Waals surface area (Å²) in [7, 11) is 1.65. The molecule has 2 aromatic rings. The van der Waals surface area contributed by atoms with Crippen LogP contribution in [0.3, 0.4) is 0 Å². The van der Waals surface area contributed by atoms with Crippen molar-refractivity contribution in [3.05, 3.63) is 65.4 Å². The Hall–Kier alpha value is -3.08. The Balaban J connectivity index is 1.69. The van der Waals surface area contributed by atoms with Crippen molar-refractivity contribution in [1.82, 2.24) is 5.32 Å². The maximum Gasteiger partial charge on any atom is 0.275 e. The molecule has 0 saturated heterocycles. The molecule has 0 radical (unpaired) electrons. The normalized spacial score (nSPS) is 14.9. The minimum absolute atomic E-state index is 0.174. The summed E-state index contributed by atoms with van der Waals surface area (Å²) in [6.45, 7) is 2.54. The fourth-order valence-corrected chi connectivity index (χ4v) is 2.74. The number of aryl methyl sites for hydroxylation is 1. The monoisotopic (exact) mass is 350 g/mol. The van der Waals surface area contributed by atoms with Crippen LogP contribution in [0.2, 0.25) is 0 Å². The number of methoxy groups -OCH3 is 1. The summed E-state index contributed by atoms with van der Waals surface area (Å²) < 4.78 is 10.7. The maximum atomic E-state index is 12.2. The molecule has 134 valence electrons. The van der Waals surface area contributed by atoms with E-state index in [-0.39, 0.29) is 5.91 Å². The Morgan fingerprint density at radius 2 is 1.88 bits per heavy atom. The SMILES string of the molecule is CCOc1cccc(/C=C2/N=C(CCc3cccc(OC)c3)NC2=O)c1. The molecule has 0 aromatic heterocycles. The Bertz CT molecular complexity index is 856. The lowest BCUT2D eigenvalue weighted by Crippen LogP contribution is -2.24. The van der Waals surface area contributed by atoms with E-state index >= 15 is 0 Å². The van der Waals surface area contributed by atoms with Crippen molar-refractivity contribution < 1.29 is 14.3 Å². The molecular formula is C21H22N2O3. The molecule has 3 rings (SSSR count). The lowest BCUT2D eigenvalue weighted by molar-refractivity contribution is -0.115. The first-order chi connectivity index (χ1) is 12.7. The minimum Gasteiger partial charge on any atom is -0.497 e. The minimum atomic E-state index is -0.174. The number of aliphatic imine (C=N–C) groups is 1. The van der Waals surface area contributed by atoms with E-state index in [0.717, 1.165) is 29.0 Å². The summed E-state index contributed by atoms with van der Waals surface area (Å²) in [4.78, 5) is 16.6. The number of nitrogens with one attached hydrogen (secondary N) is 1. The van der Waals surface area contributed by atoms with Gasteiger partial charge in [-0.1, -0.05) is 24.3 Å². The molecule has 0 spiro atoms. The molecule has 5 nitrogen and oxygen atoms in total. The zero-order valence-electron chi connectivity index (χ0n) is 15.0. The van der Waals surface area contributed by atoms with E-state index in [1.165, 1.54) is 0 Å². The highest BCUT2D eigenvalue weighted by atomic mass is 16.5. The van der Waals surface area contributed by atoms with E-state index in [2.05, 4.69) is 10.3 Å². The van der Waals surface area contributed by atoms with Gasteiger partial charge in [-0.25, -0.2) is 4.99 Å². The summed E-state index contributed by atoms with van der Waals surface area (Å²) in [5.74, 6) is 2.12. The molecule has 2 aromatic carbocycles. The first-order valence-electron chi connectivity index (χ1n) is 8.64. The number of hydrogen-bond donors (Lipinski definition) is 1. The molecule has 1 N–H and O–H groups in total. The van der Waals surface area contributed by atoms with Crippen molar-refractivity contribution in [2.75, 3.05) is 13.7 Å². The molecular weight excluding hydrogens is 328 g/mol. The third kappa shape index (κ3) is 4.51. The molecule has 26 heavy (non-hydrogen) atoms. The van der Waals surface area contributed by atoms with Gasteiger partial charge in [0.15, 0.2) is 0 Å². The molecule has 0 saturated carbocycles. The van der Waals surface area contributed by atoms with Gasteiger partial charge >= 0.3 is 0 Å². The van der Waals surface area contributed by atoms with E-state index in [9.17, 15) is 4.79 Å². The number of ether oxygens (including phenoxy) is 2. The average molecular weight is 350 g/mol. The molecule has 1 heterocycles. The van der Waals surface area contributed by atoms with Crippen LogP contribution < -0.4 is 14.8 Å². The maximum absolute atomic E-state index is 12.2. The Labute approximate surface area is 153 Å². The Morgan fingerprint density at radius 1 is 1.08 bits per heavy atom. The molecule has 1 amide bonds. The molecule has 0 fully saturated rings. The first-order valence-corrected chi connectivity index (χ1v) is 8.64. The van der Waals surface area contributed by atoms with E-state index in [4.69, 9.17) is 9.47 Å². The van der Waals surface area contributed by atoms with Crippen molar-refractivity contribution in [2.45, 2.75) is 19.8 Å². The van der Waals surface area contributed by atoms with Crippen LogP contribution in [0.4, 0.5) is 0 Å². The second-order valence-electron chi connectivity index (χ2n) is 5.90. The molecule has 1 aliphatic heterocycles. The highest BCUT2D eigenvalue weighted by Crippen LogP contribution is 2.19. The van der Waals surface area contributed by atoms with E-state index in [1.54, 1.807) is 13.2 Å². The van der Waals surface area contributed by atoms with Crippen molar-refractivity contribution in [3.8, 4) is 11.5 Å². The number of amidine groups is 1. The number of amides is 1. The fraction of sp³-hybridized carbons (Fsp3) is 0.238. The smallest absolute Gasteiger partial charge is 0.275 e. The van der Waals surface area contributed by atoms with Crippen LogP contribution in [0.25, 0.3) is 6.08 Å². The van der Waals surface area contributed by atoms with Gasteiger partial charge in [-0.15, -0.1) is 0 Å². The van der Waals surface area contributed by atoms with Crippen molar-refractivity contribution in [1.29, 1.82) is 0 Å². The van der Waals surface area contributed by atoms with Gasteiger partial charge in [-0.3, -0.25) is 4.79 Å². The van der Waals surface area contributed by atoms with Crippen LogP contribution in [-0.2, 0) is 11.2 Å². The molecule has 5 heteroatoms. The number of carbonyl (C=O) groups excluding carboxylic acids is 1. The van der Waals surface area contributed by atoms with Gasteiger partial charge in [0.05, 0.1) is 13.7 Å². The number of benzene rings is 2. The molecule has 1 aliphatic rings. The molecule has 0 aliphatic carbocycles. The predicted octanol–water partition coefficient (Wildman–Crippen LogP) is 3.60. The summed E-state index contributed by atoms with van der Waals surface area (Å²) >= 11 is 0. The van der Waals surface area contributed by atoms with E-state index in [1.807, 2.05) is 55.5 Å². The topological polar surface area (TPSA) is 59.9 Å². The third-order valence-electron chi connectivity index (χ3n) is 4.00. The van der Waals surface area contributed by atoms with Crippen molar-refractivity contribution >= 4 is 17.8 Å². The summed E-state index contributed by atoms with van der Waals surface area (Å²) in [5.41, 5.74) is 2.45. The highest BCUT2D eigenvalue weighted by molar-refractivity contribution is 6.14. The van der Waals surface area contributed by atoms with Gasteiger partial charge in [0.25, 0.3) is 5.91 Å². The van der Waals surface area contributed by atoms with Gasteiger partial charge in [-0.2, -0.15) is 0 Å². The second-order valence-corrected chi connectivity index (χ2v) is 5.90. The van der Waals surface area contributed by atoms with Crippen LogP contribution in [-0.4, -0.2) is 25.5 Å². The zero-order chi connectivity index (χ0) is 18.4. The largest absolute Gasteiger partial charge is 0.497 e. The average Bonchev–Trinajstić information content (AvgIpc) is 3.00. The lowest BCUT2D eigenvalue weighted by atomic mass is 10.1. The number of carbonyl (C=O) groups is 1. The summed E-state index contributed by atoms with van der Waals surface area (Å²) in [6.07, 6.45) is 3.22. The van der Waals surface area contributed by atoms with Crippen LogP contribution in [0.1, 0.15) is 24.5 Å². The molecule has 0 atom stereocenters. The number of hydrogen-bond acceptors (Lipinski definition) is 4. The summed E-state index contributed by atoms with van der Waals surface area (Å²) in [6, 6.07) is 15.5. The van der Waals surface area contributed by atoms with Gasteiger partial charge in [0.2, 0.25) is 0 Å². The highest BCUT2D eigenvalue weighted by Gasteiger charge is 2.19. The fourth-order valence-electron chi connectivity index (χ4n) is 2.74. The Morgan fingerprint density at radius 3 is 2.69 bits per heavy atom. The quantitative estimate of drug-likeness (QED) is 0.776. The van der Waals surface area contributed by atoms with Gasteiger partial charge in [0.1, 0.15) is 23.0 Å². The number of rotatable bonds is 7. The van der Waals surface area contributed by atoms with E-state index < -0.39 is 0 Å². The third-order valence-corrected chi connectivity index (χ3v) is 4.00.